The Morgan fingerprint density at radius 2 is 1.81 bits per heavy atom. The van der Waals surface area contributed by atoms with Crippen LogP contribution in [0.4, 0.5) is 18.9 Å². The molecule has 0 amide bonds. The summed E-state index contributed by atoms with van der Waals surface area (Å²) in [5.41, 5.74) is 0.332. The Kier molecular flexibility index (Phi) is 5.17. The zero-order valence-corrected chi connectivity index (χ0v) is 12.8. The van der Waals surface area contributed by atoms with Crippen molar-refractivity contribution in [1.82, 2.24) is 0 Å². The van der Waals surface area contributed by atoms with Gasteiger partial charge >= 0.3 is 6.18 Å². The number of alkyl halides is 3. The molecule has 1 aromatic carbocycles. The zero-order valence-electron chi connectivity index (χ0n) is 12.8. The molecule has 0 atom stereocenters. The molecule has 21 heavy (non-hydrogen) atoms. The molecule has 1 N–H and O–H groups in total. The van der Waals surface area contributed by atoms with E-state index in [0.29, 0.717) is 11.7 Å². The minimum atomic E-state index is -4.28. The molecule has 1 aliphatic rings. The standard InChI is InChI=1S/C17H24F3N/c1-3-4-13-6-9-14(10-7-13)21-15-8-5-12(2)16(11-15)17(18,19)20/h5,8,11,13-14,21H,3-4,6-7,9-10H2,1-2H3. The van der Waals surface area contributed by atoms with Crippen molar-refractivity contribution in [1.29, 1.82) is 0 Å². The lowest BCUT2D eigenvalue weighted by Gasteiger charge is -2.30. The lowest BCUT2D eigenvalue weighted by molar-refractivity contribution is -0.138. The minimum Gasteiger partial charge on any atom is -0.382 e. The van der Waals surface area contributed by atoms with Gasteiger partial charge in [0.05, 0.1) is 5.56 Å². The van der Waals surface area contributed by atoms with E-state index in [1.165, 1.54) is 38.7 Å². The fraction of sp³-hybridized carbons (Fsp3) is 0.647. The molecule has 1 aromatic rings. The molecule has 0 bridgehead atoms. The number of nitrogens with one attached hydrogen (secondary N) is 1. The Morgan fingerprint density at radius 1 is 1.14 bits per heavy atom. The van der Waals surface area contributed by atoms with Crippen molar-refractivity contribution >= 4 is 5.69 Å². The van der Waals surface area contributed by atoms with E-state index in [9.17, 15) is 13.2 Å². The monoisotopic (exact) mass is 299 g/mol. The number of benzene rings is 1. The van der Waals surface area contributed by atoms with Crippen molar-refractivity contribution in [3.63, 3.8) is 0 Å². The summed E-state index contributed by atoms with van der Waals surface area (Å²) in [7, 11) is 0. The van der Waals surface area contributed by atoms with E-state index in [-0.39, 0.29) is 5.56 Å². The van der Waals surface area contributed by atoms with Crippen molar-refractivity contribution < 1.29 is 13.2 Å². The van der Waals surface area contributed by atoms with Crippen LogP contribution in [0.25, 0.3) is 0 Å². The van der Waals surface area contributed by atoms with Crippen LogP contribution in [-0.2, 0) is 6.18 Å². The van der Waals surface area contributed by atoms with Gasteiger partial charge in [-0.3, -0.25) is 0 Å². The average molecular weight is 299 g/mol. The van der Waals surface area contributed by atoms with Crippen LogP contribution in [0.3, 0.4) is 0 Å². The van der Waals surface area contributed by atoms with E-state index in [1.807, 2.05) is 0 Å². The van der Waals surface area contributed by atoms with Gasteiger partial charge in [0.1, 0.15) is 0 Å². The van der Waals surface area contributed by atoms with E-state index in [2.05, 4.69) is 12.2 Å². The number of hydrogen-bond acceptors (Lipinski definition) is 1. The van der Waals surface area contributed by atoms with Crippen LogP contribution in [0.1, 0.15) is 56.6 Å². The molecule has 1 nitrogen and oxygen atoms in total. The predicted octanol–water partition coefficient (Wildman–Crippen LogP) is 5.78. The summed E-state index contributed by atoms with van der Waals surface area (Å²) in [5, 5.41) is 3.28. The van der Waals surface area contributed by atoms with E-state index in [1.54, 1.807) is 12.1 Å². The maximum Gasteiger partial charge on any atom is 0.416 e. The molecule has 1 saturated carbocycles. The summed E-state index contributed by atoms with van der Waals surface area (Å²) in [6.45, 7) is 3.71. The van der Waals surface area contributed by atoms with Crippen molar-refractivity contribution in [3.05, 3.63) is 29.3 Å². The van der Waals surface area contributed by atoms with Gasteiger partial charge < -0.3 is 5.32 Å². The van der Waals surface area contributed by atoms with Crippen LogP contribution < -0.4 is 5.32 Å². The van der Waals surface area contributed by atoms with Gasteiger partial charge in [0.25, 0.3) is 0 Å². The van der Waals surface area contributed by atoms with Crippen molar-refractivity contribution in [2.24, 2.45) is 5.92 Å². The first kappa shape index (κ1) is 16.2. The fourth-order valence-electron chi connectivity index (χ4n) is 3.26. The molecule has 118 valence electrons. The van der Waals surface area contributed by atoms with Gasteiger partial charge in [-0.1, -0.05) is 25.8 Å². The molecule has 0 unspecified atom stereocenters. The third-order valence-electron chi connectivity index (χ3n) is 4.46. The van der Waals surface area contributed by atoms with Crippen LogP contribution in [0.15, 0.2) is 18.2 Å². The molecule has 2 rings (SSSR count). The van der Waals surface area contributed by atoms with E-state index in [0.717, 1.165) is 18.8 Å². The highest BCUT2D eigenvalue weighted by atomic mass is 19.4. The maximum absolute atomic E-state index is 12.9. The van der Waals surface area contributed by atoms with Gasteiger partial charge in [0, 0.05) is 11.7 Å². The number of anilines is 1. The van der Waals surface area contributed by atoms with E-state index < -0.39 is 11.7 Å². The average Bonchev–Trinajstić information content (AvgIpc) is 2.42. The summed E-state index contributed by atoms with van der Waals surface area (Å²) in [6.07, 6.45) is 2.69. The van der Waals surface area contributed by atoms with Crippen LogP contribution in [-0.4, -0.2) is 6.04 Å². The van der Waals surface area contributed by atoms with Crippen LogP contribution in [0.5, 0.6) is 0 Å². The lowest BCUT2D eigenvalue weighted by Crippen LogP contribution is -2.26. The lowest BCUT2D eigenvalue weighted by atomic mass is 9.83. The van der Waals surface area contributed by atoms with Crippen molar-refractivity contribution in [2.75, 3.05) is 5.32 Å². The quantitative estimate of drug-likeness (QED) is 0.742. The van der Waals surface area contributed by atoms with Gasteiger partial charge in [0.2, 0.25) is 0 Å². The molecule has 0 radical (unpaired) electrons. The molecular formula is C17H24F3N. The molecule has 1 fully saturated rings. The highest BCUT2D eigenvalue weighted by Crippen LogP contribution is 2.34. The molecular weight excluding hydrogens is 275 g/mol. The topological polar surface area (TPSA) is 12.0 Å². The Labute approximate surface area is 124 Å². The molecule has 0 aliphatic heterocycles. The predicted molar refractivity (Wildman–Crippen MR) is 80.5 cm³/mol. The molecule has 1 aliphatic carbocycles. The molecule has 0 aromatic heterocycles. The SMILES string of the molecule is CCCC1CCC(Nc2ccc(C)c(C(F)(F)F)c2)CC1. The molecule has 0 saturated heterocycles. The summed E-state index contributed by atoms with van der Waals surface area (Å²) in [6, 6.07) is 4.85. The van der Waals surface area contributed by atoms with Gasteiger partial charge in [-0.2, -0.15) is 13.2 Å². The summed E-state index contributed by atoms with van der Waals surface area (Å²) < 4.78 is 38.7. The fourth-order valence-corrected chi connectivity index (χ4v) is 3.26. The normalized spacial score (nSPS) is 23.1. The molecule has 0 spiro atoms. The number of hydrogen-bond donors (Lipinski definition) is 1. The third-order valence-corrected chi connectivity index (χ3v) is 4.46. The van der Waals surface area contributed by atoms with Gasteiger partial charge in [-0.05, 0) is 56.2 Å². The Hall–Kier alpha value is -1.19. The van der Waals surface area contributed by atoms with E-state index in [4.69, 9.17) is 0 Å². The van der Waals surface area contributed by atoms with Crippen LogP contribution in [0, 0.1) is 12.8 Å². The first-order valence-corrected chi connectivity index (χ1v) is 7.84. The first-order chi connectivity index (χ1) is 9.90. The Morgan fingerprint density at radius 3 is 2.38 bits per heavy atom. The molecule has 0 heterocycles. The minimum absolute atomic E-state index is 0.278. The number of rotatable bonds is 4. The number of halogens is 3. The van der Waals surface area contributed by atoms with Gasteiger partial charge in [0.15, 0.2) is 0 Å². The smallest absolute Gasteiger partial charge is 0.382 e. The Bertz CT molecular complexity index is 460. The Balaban J connectivity index is 1.98. The maximum atomic E-state index is 12.9. The number of aryl methyl sites for hydroxylation is 1. The second kappa shape index (κ2) is 6.71. The summed E-state index contributed by atoms with van der Waals surface area (Å²) in [4.78, 5) is 0. The largest absolute Gasteiger partial charge is 0.416 e. The summed E-state index contributed by atoms with van der Waals surface area (Å²) in [5.74, 6) is 0.803. The highest BCUT2D eigenvalue weighted by Gasteiger charge is 2.32. The first-order valence-electron chi connectivity index (χ1n) is 7.84. The van der Waals surface area contributed by atoms with Crippen LogP contribution >= 0.6 is 0 Å². The second-order valence-corrected chi connectivity index (χ2v) is 6.18. The van der Waals surface area contributed by atoms with E-state index >= 15 is 0 Å². The summed E-state index contributed by atoms with van der Waals surface area (Å²) >= 11 is 0. The van der Waals surface area contributed by atoms with Crippen molar-refractivity contribution in [2.45, 2.75) is 64.6 Å². The van der Waals surface area contributed by atoms with Gasteiger partial charge in [-0.25, -0.2) is 0 Å². The van der Waals surface area contributed by atoms with Crippen molar-refractivity contribution in [3.8, 4) is 0 Å². The highest BCUT2D eigenvalue weighted by molar-refractivity contribution is 5.50. The van der Waals surface area contributed by atoms with Gasteiger partial charge in [-0.15, -0.1) is 0 Å². The van der Waals surface area contributed by atoms with Crippen LogP contribution in [0.2, 0.25) is 0 Å². The molecule has 4 heteroatoms. The zero-order chi connectivity index (χ0) is 15.5. The second-order valence-electron chi connectivity index (χ2n) is 6.18. The third kappa shape index (κ3) is 4.39.